The van der Waals surface area contributed by atoms with Crippen LogP contribution < -0.4 is 5.32 Å². The Morgan fingerprint density at radius 1 is 1.16 bits per heavy atom. The average molecular weight is 452 g/mol. The number of aryl methyl sites for hydroxylation is 1. The number of amides is 1. The molecule has 4 rings (SSSR count). The van der Waals surface area contributed by atoms with Gasteiger partial charge in [-0.25, -0.2) is 0 Å². The molecule has 0 aliphatic heterocycles. The monoisotopic (exact) mass is 451 g/mol. The van der Waals surface area contributed by atoms with Crippen molar-refractivity contribution in [2.24, 2.45) is 5.92 Å². The quantitative estimate of drug-likeness (QED) is 0.305. The number of hydrogen-bond donors (Lipinski definition) is 1. The van der Waals surface area contributed by atoms with E-state index in [2.05, 4.69) is 34.6 Å². The Morgan fingerprint density at radius 3 is 2.56 bits per heavy atom. The van der Waals surface area contributed by atoms with E-state index >= 15 is 0 Å². The molecule has 0 unspecified atom stereocenters. The molecular weight excluding hydrogens is 426 g/mol. The van der Waals surface area contributed by atoms with Crippen LogP contribution in [0.2, 0.25) is 0 Å². The van der Waals surface area contributed by atoms with Crippen LogP contribution in [0.15, 0.2) is 53.7 Å². The Labute approximate surface area is 190 Å². The van der Waals surface area contributed by atoms with Crippen molar-refractivity contribution in [1.29, 1.82) is 0 Å². The summed E-state index contributed by atoms with van der Waals surface area (Å²) in [5.74, 6) is 1.43. The van der Waals surface area contributed by atoms with Crippen LogP contribution >= 0.6 is 11.8 Å². The molecule has 1 saturated carbocycles. The third-order valence-electron chi connectivity index (χ3n) is 5.78. The van der Waals surface area contributed by atoms with Gasteiger partial charge in [0.1, 0.15) is 0 Å². The molecule has 3 aromatic rings. The zero-order valence-electron chi connectivity index (χ0n) is 17.9. The van der Waals surface area contributed by atoms with E-state index in [1.54, 1.807) is 23.9 Å². The first kappa shape index (κ1) is 22.0. The van der Waals surface area contributed by atoms with Gasteiger partial charge in [0.25, 0.3) is 5.69 Å². The van der Waals surface area contributed by atoms with Gasteiger partial charge in [0.15, 0.2) is 11.0 Å². The summed E-state index contributed by atoms with van der Waals surface area (Å²) in [5, 5.41) is 23.4. The predicted octanol–water partition coefficient (Wildman–Crippen LogP) is 4.58. The van der Waals surface area contributed by atoms with Crippen LogP contribution in [0.4, 0.5) is 5.69 Å². The molecule has 0 spiro atoms. The summed E-state index contributed by atoms with van der Waals surface area (Å²) >= 11 is 1.54. The molecule has 1 aromatic heterocycles. The van der Waals surface area contributed by atoms with Crippen LogP contribution in [0.25, 0.3) is 5.69 Å². The molecule has 0 atom stereocenters. The molecule has 32 heavy (non-hydrogen) atoms. The SMILES string of the molecule is Cc1ccccc1CSc1nnc(CNC(=O)C2CCCC2)n1-c1ccc([N+](=O)[O-])cc1. The van der Waals surface area contributed by atoms with Crippen LogP contribution in [0.5, 0.6) is 0 Å². The second-order valence-electron chi connectivity index (χ2n) is 7.92. The highest BCUT2D eigenvalue weighted by Gasteiger charge is 2.23. The van der Waals surface area contributed by atoms with E-state index in [0.29, 0.717) is 16.7 Å². The average Bonchev–Trinajstić information content (AvgIpc) is 3.47. The van der Waals surface area contributed by atoms with Gasteiger partial charge >= 0.3 is 0 Å². The summed E-state index contributed by atoms with van der Waals surface area (Å²) in [6.07, 6.45) is 4.05. The molecule has 9 heteroatoms. The molecule has 0 radical (unpaired) electrons. The second-order valence-corrected chi connectivity index (χ2v) is 8.86. The van der Waals surface area contributed by atoms with Gasteiger partial charge in [0.2, 0.25) is 5.91 Å². The minimum absolute atomic E-state index is 0.0204. The Balaban J connectivity index is 1.58. The van der Waals surface area contributed by atoms with E-state index in [4.69, 9.17) is 0 Å². The lowest BCUT2D eigenvalue weighted by atomic mass is 10.1. The van der Waals surface area contributed by atoms with E-state index in [-0.39, 0.29) is 24.1 Å². The fourth-order valence-electron chi connectivity index (χ4n) is 3.90. The van der Waals surface area contributed by atoms with E-state index in [1.807, 2.05) is 16.7 Å². The van der Waals surface area contributed by atoms with Crippen molar-refractivity contribution >= 4 is 23.4 Å². The highest BCUT2D eigenvalue weighted by molar-refractivity contribution is 7.98. The second kappa shape index (κ2) is 9.95. The molecule has 1 heterocycles. The summed E-state index contributed by atoms with van der Waals surface area (Å²) in [6, 6.07) is 14.5. The molecule has 1 amide bonds. The third-order valence-corrected chi connectivity index (χ3v) is 6.76. The molecule has 2 aromatic carbocycles. The minimum Gasteiger partial charge on any atom is -0.349 e. The molecular formula is C23H25N5O3S. The maximum atomic E-state index is 12.5. The maximum Gasteiger partial charge on any atom is 0.269 e. The fourth-order valence-corrected chi connectivity index (χ4v) is 4.95. The van der Waals surface area contributed by atoms with Gasteiger partial charge in [-0.1, -0.05) is 48.9 Å². The smallest absolute Gasteiger partial charge is 0.269 e. The fraction of sp³-hybridized carbons (Fsp3) is 0.348. The lowest BCUT2D eigenvalue weighted by Gasteiger charge is -2.13. The lowest BCUT2D eigenvalue weighted by molar-refractivity contribution is -0.384. The number of nitro benzene ring substituents is 1. The standard InChI is InChI=1S/C23H25N5O3S/c1-16-6-2-3-9-18(16)15-32-23-26-25-21(14-24-22(29)17-7-4-5-8-17)27(23)19-10-12-20(13-11-19)28(30)31/h2-3,6,9-13,17H,4-5,7-8,14-15H2,1H3,(H,24,29). The molecule has 8 nitrogen and oxygen atoms in total. The number of non-ortho nitro benzene ring substituents is 1. The predicted molar refractivity (Wildman–Crippen MR) is 123 cm³/mol. The lowest BCUT2D eigenvalue weighted by Crippen LogP contribution is -2.29. The molecule has 1 N–H and O–H groups in total. The van der Waals surface area contributed by atoms with Crippen molar-refractivity contribution in [2.75, 3.05) is 0 Å². The number of benzene rings is 2. The Kier molecular flexibility index (Phi) is 6.84. The van der Waals surface area contributed by atoms with Crippen LogP contribution in [0, 0.1) is 23.0 Å². The number of carbonyl (C=O) groups excluding carboxylic acids is 1. The van der Waals surface area contributed by atoms with E-state index in [1.165, 1.54) is 23.3 Å². The molecule has 0 saturated heterocycles. The molecule has 1 aliphatic carbocycles. The zero-order valence-corrected chi connectivity index (χ0v) is 18.7. The van der Waals surface area contributed by atoms with Crippen LogP contribution in [0.1, 0.15) is 42.6 Å². The van der Waals surface area contributed by atoms with Gasteiger partial charge in [-0.15, -0.1) is 10.2 Å². The number of nitrogens with zero attached hydrogens (tertiary/aromatic N) is 4. The number of nitro groups is 1. The molecule has 1 aliphatic rings. The number of carbonyl (C=O) groups is 1. The Bertz CT molecular complexity index is 1110. The number of thioether (sulfide) groups is 1. The van der Waals surface area contributed by atoms with E-state index in [9.17, 15) is 14.9 Å². The molecule has 1 fully saturated rings. The first-order valence-corrected chi connectivity index (χ1v) is 11.7. The number of nitrogens with one attached hydrogen (secondary N) is 1. The summed E-state index contributed by atoms with van der Waals surface area (Å²) < 4.78 is 1.86. The van der Waals surface area contributed by atoms with Crippen LogP contribution in [-0.2, 0) is 17.1 Å². The van der Waals surface area contributed by atoms with Gasteiger partial charge in [-0.2, -0.15) is 0 Å². The summed E-state index contributed by atoms with van der Waals surface area (Å²) in [7, 11) is 0. The van der Waals surface area contributed by atoms with E-state index in [0.717, 1.165) is 31.4 Å². The van der Waals surface area contributed by atoms with Crippen molar-refractivity contribution < 1.29 is 9.72 Å². The molecule has 0 bridgehead atoms. The van der Waals surface area contributed by atoms with Crippen molar-refractivity contribution in [3.63, 3.8) is 0 Å². The van der Waals surface area contributed by atoms with Gasteiger partial charge in [-0.05, 0) is 43.0 Å². The Morgan fingerprint density at radius 2 is 1.88 bits per heavy atom. The van der Waals surface area contributed by atoms with Crippen molar-refractivity contribution in [3.05, 3.63) is 75.6 Å². The Hall–Kier alpha value is -3.20. The van der Waals surface area contributed by atoms with Gasteiger partial charge in [-0.3, -0.25) is 19.5 Å². The first-order valence-electron chi connectivity index (χ1n) is 10.7. The highest BCUT2D eigenvalue weighted by Crippen LogP contribution is 2.28. The molecule has 166 valence electrons. The topological polar surface area (TPSA) is 103 Å². The first-order chi connectivity index (χ1) is 15.5. The van der Waals surface area contributed by atoms with E-state index < -0.39 is 4.92 Å². The van der Waals surface area contributed by atoms with Gasteiger partial charge in [0.05, 0.1) is 11.5 Å². The minimum atomic E-state index is -0.424. The van der Waals surface area contributed by atoms with Crippen LogP contribution in [0.3, 0.4) is 0 Å². The third kappa shape index (κ3) is 4.99. The zero-order chi connectivity index (χ0) is 22.5. The van der Waals surface area contributed by atoms with Gasteiger partial charge in [0, 0.05) is 29.5 Å². The maximum absolute atomic E-state index is 12.5. The van der Waals surface area contributed by atoms with Crippen molar-refractivity contribution in [2.45, 2.75) is 50.1 Å². The number of rotatable bonds is 8. The summed E-state index contributed by atoms with van der Waals surface area (Å²) in [4.78, 5) is 23.1. The van der Waals surface area contributed by atoms with Crippen molar-refractivity contribution in [3.8, 4) is 5.69 Å². The highest BCUT2D eigenvalue weighted by atomic mass is 32.2. The van der Waals surface area contributed by atoms with Crippen LogP contribution in [-0.4, -0.2) is 25.6 Å². The van der Waals surface area contributed by atoms with Crippen molar-refractivity contribution in [1.82, 2.24) is 20.1 Å². The summed E-state index contributed by atoms with van der Waals surface area (Å²) in [6.45, 7) is 2.32. The summed E-state index contributed by atoms with van der Waals surface area (Å²) in [5.41, 5.74) is 3.14. The number of hydrogen-bond acceptors (Lipinski definition) is 6. The van der Waals surface area contributed by atoms with Gasteiger partial charge < -0.3 is 5.32 Å². The largest absolute Gasteiger partial charge is 0.349 e. The normalized spacial score (nSPS) is 13.9. The number of aromatic nitrogens is 3.